The van der Waals surface area contributed by atoms with Crippen LogP contribution >= 0.6 is 0 Å². The largest absolute Gasteiger partial charge is 0.325 e. The minimum Gasteiger partial charge on any atom is -0.325 e. The zero-order valence-corrected chi connectivity index (χ0v) is 9.60. The Morgan fingerprint density at radius 3 is 2.36 bits per heavy atom. The maximum Gasteiger partial charge on any atom is 0.321 e. The summed E-state index contributed by atoms with van der Waals surface area (Å²) in [6, 6.07) is -0.0206. The molecule has 1 N–H and O–H groups in total. The molecule has 2 amide bonds. The molecule has 0 heterocycles. The second-order valence-electron chi connectivity index (χ2n) is 3.55. The highest BCUT2D eigenvalue weighted by Gasteiger charge is 2.10. The third kappa shape index (κ3) is 5.62. The molecule has 3 nitrogen and oxygen atoms in total. The summed E-state index contributed by atoms with van der Waals surface area (Å²) < 4.78 is 0. The number of amides is 2. The van der Waals surface area contributed by atoms with Gasteiger partial charge in [-0.25, -0.2) is 4.79 Å². The van der Waals surface area contributed by atoms with Crippen LogP contribution in [0.3, 0.4) is 0 Å². The number of hydrogen-bond donors (Lipinski definition) is 1. The molecule has 0 aliphatic carbocycles. The van der Waals surface area contributed by atoms with Gasteiger partial charge in [0, 0.05) is 18.8 Å². The van der Waals surface area contributed by atoms with E-state index in [0.717, 1.165) is 32.4 Å². The quantitative estimate of drug-likeness (QED) is 0.699. The van der Waals surface area contributed by atoms with E-state index < -0.39 is 0 Å². The summed E-state index contributed by atoms with van der Waals surface area (Å²) in [7, 11) is 0. The molecule has 0 aliphatic rings. The SMILES string of the molecule is C=C(C)NC(=O)N(CCC)CCCC. The van der Waals surface area contributed by atoms with Gasteiger partial charge in [-0.3, -0.25) is 0 Å². The van der Waals surface area contributed by atoms with Crippen molar-refractivity contribution in [1.82, 2.24) is 10.2 Å². The number of allylic oxidation sites excluding steroid dienone is 1. The Morgan fingerprint density at radius 1 is 1.29 bits per heavy atom. The lowest BCUT2D eigenvalue weighted by Gasteiger charge is -2.22. The lowest BCUT2D eigenvalue weighted by Crippen LogP contribution is -2.39. The van der Waals surface area contributed by atoms with Gasteiger partial charge in [0.1, 0.15) is 0 Å². The van der Waals surface area contributed by atoms with Crippen molar-refractivity contribution in [2.75, 3.05) is 13.1 Å². The number of hydrogen-bond acceptors (Lipinski definition) is 1. The van der Waals surface area contributed by atoms with Crippen LogP contribution < -0.4 is 5.32 Å². The zero-order valence-electron chi connectivity index (χ0n) is 9.60. The van der Waals surface area contributed by atoms with E-state index in [2.05, 4.69) is 25.7 Å². The minimum absolute atomic E-state index is 0.0206. The molecule has 0 aromatic carbocycles. The Bertz CT molecular complexity index is 190. The van der Waals surface area contributed by atoms with Gasteiger partial charge in [-0.2, -0.15) is 0 Å². The van der Waals surface area contributed by atoms with Gasteiger partial charge in [0.05, 0.1) is 0 Å². The van der Waals surface area contributed by atoms with Crippen LogP contribution in [0.25, 0.3) is 0 Å². The van der Waals surface area contributed by atoms with Gasteiger partial charge in [-0.15, -0.1) is 0 Å². The highest BCUT2D eigenvalue weighted by molar-refractivity contribution is 5.75. The number of rotatable bonds is 6. The smallest absolute Gasteiger partial charge is 0.321 e. The van der Waals surface area contributed by atoms with Gasteiger partial charge < -0.3 is 10.2 Å². The van der Waals surface area contributed by atoms with E-state index in [-0.39, 0.29) is 6.03 Å². The fourth-order valence-electron chi connectivity index (χ4n) is 1.20. The lowest BCUT2D eigenvalue weighted by molar-refractivity contribution is 0.200. The van der Waals surface area contributed by atoms with Gasteiger partial charge in [-0.05, 0) is 19.8 Å². The van der Waals surface area contributed by atoms with Gasteiger partial charge in [0.25, 0.3) is 0 Å². The molecule has 0 fully saturated rings. The molecule has 0 saturated heterocycles. The molecule has 3 heteroatoms. The molecule has 0 unspecified atom stereocenters. The summed E-state index contributed by atoms with van der Waals surface area (Å²) in [5.74, 6) is 0. The van der Waals surface area contributed by atoms with Gasteiger partial charge in [0.2, 0.25) is 0 Å². The molecular weight excluding hydrogens is 176 g/mol. The lowest BCUT2D eigenvalue weighted by atomic mass is 10.3. The van der Waals surface area contributed by atoms with Crippen LogP contribution in [-0.2, 0) is 0 Å². The molecule has 0 aliphatic heterocycles. The average molecular weight is 198 g/mol. The van der Waals surface area contributed by atoms with Crippen LogP contribution in [0.5, 0.6) is 0 Å². The molecule has 0 radical (unpaired) electrons. The normalized spacial score (nSPS) is 9.64. The van der Waals surface area contributed by atoms with Crippen molar-refractivity contribution in [2.45, 2.75) is 40.0 Å². The molecule has 0 bridgehead atoms. The maximum atomic E-state index is 11.6. The summed E-state index contributed by atoms with van der Waals surface area (Å²) >= 11 is 0. The van der Waals surface area contributed by atoms with Gasteiger partial charge in [0.15, 0.2) is 0 Å². The highest BCUT2D eigenvalue weighted by Crippen LogP contribution is 1.98. The second kappa shape index (κ2) is 7.42. The number of nitrogens with one attached hydrogen (secondary N) is 1. The first kappa shape index (κ1) is 13.0. The fourth-order valence-corrected chi connectivity index (χ4v) is 1.20. The molecule has 0 aromatic rings. The number of nitrogens with zero attached hydrogens (tertiary/aromatic N) is 1. The molecule has 0 spiro atoms. The summed E-state index contributed by atoms with van der Waals surface area (Å²) in [4.78, 5) is 13.4. The fraction of sp³-hybridized carbons (Fsp3) is 0.727. The summed E-state index contributed by atoms with van der Waals surface area (Å²) in [5, 5.41) is 2.73. The first-order valence-electron chi connectivity index (χ1n) is 5.33. The predicted molar refractivity (Wildman–Crippen MR) is 60.1 cm³/mol. The first-order chi connectivity index (χ1) is 6.61. The molecule has 82 valence electrons. The average Bonchev–Trinajstić information content (AvgIpc) is 2.10. The Hall–Kier alpha value is -0.990. The van der Waals surface area contributed by atoms with Crippen LogP contribution in [0.4, 0.5) is 4.79 Å². The van der Waals surface area contributed by atoms with E-state index in [4.69, 9.17) is 0 Å². The molecule has 0 rings (SSSR count). The molecule has 0 saturated carbocycles. The van der Waals surface area contributed by atoms with Crippen molar-refractivity contribution in [3.05, 3.63) is 12.3 Å². The summed E-state index contributed by atoms with van der Waals surface area (Å²) in [6.07, 6.45) is 3.16. The number of carbonyl (C=O) groups excluding carboxylic acids is 1. The standard InChI is InChI=1S/C11H22N2O/c1-5-7-9-13(8-6-2)11(14)12-10(3)4/h3,5-9H2,1-2,4H3,(H,12,14). The Labute approximate surface area is 87.2 Å². The van der Waals surface area contributed by atoms with Crippen molar-refractivity contribution in [2.24, 2.45) is 0 Å². The van der Waals surface area contributed by atoms with E-state index in [0.29, 0.717) is 5.70 Å². The number of unbranched alkanes of at least 4 members (excludes halogenated alkanes) is 1. The van der Waals surface area contributed by atoms with E-state index in [1.165, 1.54) is 0 Å². The maximum absolute atomic E-state index is 11.6. The molecule has 14 heavy (non-hydrogen) atoms. The monoisotopic (exact) mass is 198 g/mol. The minimum atomic E-state index is -0.0206. The van der Waals surface area contributed by atoms with E-state index >= 15 is 0 Å². The van der Waals surface area contributed by atoms with Crippen LogP contribution in [0, 0.1) is 0 Å². The number of carbonyl (C=O) groups is 1. The van der Waals surface area contributed by atoms with Gasteiger partial charge in [-0.1, -0.05) is 26.8 Å². The van der Waals surface area contributed by atoms with Crippen molar-refractivity contribution >= 4 is 6.03 Å². The van der Waals surface area contributed by atoms with Crippen molar-refractivity contribution < 1.29 is 4.79 Å². The van der Waals surface area contributed by atoms with Crippen LogP contribution in [0.2, 0.25) is 0 Å². The molecular formula is C11H22N2O. The van der Waals surface area contributed by atoms with Crippen molar-refractivity contribution in [3.8, 4) is 0 Å². The second-order valence-corrected chi connectivity index (χ2v) is 3.55. The Balaban J connectivity index is 4.03. The highest BCUT2D eigenvalue weighted by atomic mass is 16.2. The van der Waals surface area contributed by atoms with E-state index in [1.807, 2.05) is 4.90 Å². The topological polar surface area (TPSA) is 32.3 Å². The van der Waals surface area contributed by atoms with E-state index in [9.17, 15) is 4.79 Å². The molecule has 0 atom stereocenters. The summed E-state index contributed by atoms with van der Waals surface area (Å²) in [5.41, 5.74) is 0.701. The zero-order chi connectivity index (χ0) is 11.0. The number of urea groups is 1. The van der Waals surface area contributed by atoms with Gasteiger partial charge >= 0.3 is 6.03 Å². The van der Waals surface area contributed by atoms with Crippen LogP contribution in [0.15, 0.2) is 12.3 Å². The first-order valence-corrected chi connectivity index (χ1v) is 5.33. The van der Waals surface area contributed by atoms with Crippen LogP contribution in [-0.4, -0.2) is 24.0 Å². The third-order valence-electron chi connectivity index (χ3n) is 1.88. The Morgan fingerprint density at radius 2 is 1.93 bits per heavy atom. The van der Waals surface area contributed by atoms with Crippen molar-refractivity contribution in [1.29, 1.82) is 0 Å². The van der Waals surface area contributed by atoms with Crippen LogP contribution in [0.1, 0.15) is 40.0 Å². The third-order valence-corrected chi connectivity index (χ3v) is 1.88. The van der Waals surface area contributed by atoms with E-state index in [1.54, 1.807) is 6.92 Å². The van der Waals surface area contributed by atoms with Crippen molar-refractivity contribution in [3.63, 3.8) is 0 Å². The predicted octanol–water partition coefficient (Wildman–Crippen LogP) is 2.74. The molecule has 0 aromatic heterocycles. The summed E-state index contributed by atoms with van der Waals surface area (Å²) in [6.45, 7) is 11.3. The Kier molecular flexibility index (Phi) is 6.89.